The molecule has 10 amide bonds. The third-order valence-corrected chi connectivity index (χ3v) is 17.8. The zero-order valence-electron chi connectivity index (χ0n) is 52.1. The molecule has 30 heteroatoms. The second-order valence-electron chi connectivity index (χ2n) is 23.0. The summed E-state index contributed by atoms with van der Waals surface area (Å²) in [6.45, 7) is 2.29. The van der Waals surface area contributed by atoms with Gasteiger partial charge in [0.15, 0.2) is 0 Å². The monoisotopic (exact) mass is 1350 g/mol. The molecule has 8 atom stereocenters. The summed E-state index contributed by atoms with van der Waals surface area (Å²) in [6.07, 6.45) is 5.90. The number of nitrogens with one attached hydrogen (secondary N) is 12. The normalized spacial score (nSPS) is 22.0. The van der Waals surface area contributed by atoms with E-state index in [1.165, 1.54) is 123 Å². The summed E-state index contributed by atoms with van der Waals surface area (Å²) in [4.78, 5) is 154. The maximum atomic E-state index is 14.9. The number of amides is 10. The molecular formula is C65H77F2N15O11S2. The quantitative estimate of drug-likeness (QED) is 0.0733. The number of hydrogen-bond acceptors (Lipinski definition) is 15. The molecule has 95 heavy (non-hydrogen) atoms. The fourth-order valence-electron chi connectivity index (χ4n) is 10.5. The van der Waals surface area contributed by atoms with Gasteiger partial charge in [-0.2, -0.15) is 23.5 Å². The van der Waals surface area contributed by atoms with Gasteiger partial charge in [0.05, 0.1) is 18.6 Å². The standard InChI is InChI=1S/C65H77F2N15O11S2/c1-35-59(87)79-54(26-44-29-70-34-74-44)65(93)80-51(21-37-9-13-45(83)14-10-37)62(90)75-36(2)60(88)82-55(58(69)86)33-95-32-39-7-5-6-38(20-39)31-94-19-17-56(84)77-50(8-3-4-18-68)61(89)73-30-57(85)78-52(22-40-27-71-48-15-11-42(66)24-46(40)48)64(92)81-53(63(91)76-35)23-41-28-72-49-16-12-43(67)25-47(41)49/h5-7,9-16,20,24-25,27-29,34-36,50-55,71-72,83H,3-4,8,17-19,21-23,26,30-33,68H2,1-2H3,(H2,69,86)(H,70,74)(H,73,89)(H,75,90)(H,76,91)(H,77,84)(H,78,85)(H,79,87)(H,80,93)(H,81,92)(H,82,88)/t35-,36-,50-,51-,52-,53-,54-,55-/m0/s1. The van der Waals surface area contributed by atoms with E-state index >= 15 is 0 Å². The van der Waals surface area contributed by atoms with Gasteiger partial charge < -0.3 is 79.4 Å². The summed E-state index contributed by atoms with van der Waals surface area (Å²) in [5, 5.41) is 34.6. The fourth-order valence-corrected chi connectivity index (χ4v) is 12.4. The first-order chi connectivity index (χ1) is 45.6. The Kier molecular flexibility index (Phi) is 25.7. The largest absolute Gasteiger partial charge is 0.508 e. The first-order valence-electron chi connectivity index (χ1n) is 30.8. The number of phenols is 1. The van der Waals surface area contributed by atoms with E-state index in [0.717, 1.165) is 11.1 Å². The van der Waals surface area contributed by atoms with E-state index in [4.69, 9.17) is 11.5 Å². The van der Waals surface area contributed by atoms with Crippen LogP contribution in [0.3, 0.4) is 0 Å². The summed E-state index contributed by atoms with van der Waals surface area (Å²) < 4.78 is 29.6. The maximum Gasteiger partial charge on any atom is 0.243 e. The van der Waals surface area contributed by atoms with E-state index in [2.05, 4.69) is 67.8 Å². The lowest BCUT2D eigenvalue weighted by Crippen LogP contribution is -2.60. The maximum absolute atomic E-state index is 14.9. The molecule has 26 nitrogen and oxygen atoms in total. The number of thioether (sulfide) groups is 2. The van der Waals surface area contributed by atoms with E-state index in [-0.39, 0.29) is 55.7 Å². The van der Waals surface area contributed by atoms with Crippen molar-refractivity contribution in [3.05, 3.63) is 155 Å². The molecule has 3 aromatic heterocycles. The van der Waals surface area contributed by atoms with Crippen LogP contribution in [0.4, 0.5) is 8.78 Å². The molecule has 0 fully saturated rings. The van der Waals surface area contributed by atoms with Gasteiger partial charge in [-0.25, -0.2) is 13.8 Å². The predicted molar refractivity (Wildman–Crippen MR) is 353 cm³/mol. The number of aromatic hydroxyl groups is 1. The molecule has 0 unspecified atom stereocenters. The minimum Gasteiger partial charge on any atom is -0.508 e. The Balaban J connectivity index is 1.10. The molecule has 0 saturated carbocycles. The molecule has 4 heterocycles. The summed E-state index contributed by atoms with van der Waals surface area (Å²) in [7, 11) is 0. The number of H-pyrrole nitrogens is 3. The third kappa shape index (κ3) is 21.1. The van der Waals surface area contributed by atoms with Crippen molar-refractivity contribution in [1.29, 1.82) is 0 Å². The number of aromatic amines is 3. The summed E-state index contributed by atoms with van der Waals surface area (Å²) in [6, 6.07) is 10.1. The number of nitrogens with zero attached hydrogens (tertiary/aromatic N) is 1. The molecule has 0 saturated heterocycles. The van der Waals surface area contributed by atoms with Crippen molar-refractivity contribution >= 4 is 104 Å². The van der Waals surface area contributed by atoms with Crippen molar-refractivity contribution in [2.24, 2.45) is 11.5 Å². The van der Waals surface area contributed by atoms with E-state index < -0.39 is 126 Å². The Hall–Kier alpha value is -9.81. The number of aromatic nitrogens is 4. The number of fused-ring (bicyclic) bond motifs is 4. The fraction of sp³-hybridized carbons (Fsp3) is 0.369. The number of primary amides is 1. The second kappa shape index (κ2) is 34.4. The Morgan fingerprint density at radius 1 is 0.579 bits per heavy atom. The molecule has 1 aliphatic heterocycles. The number of unbranched alkanes of at least 4 members (excludes halogenated alkanes) is 1. The second-order valence-corrected chi connectivity index (χ2v) is 25.2. The van der Waals surface area contributed by atoms with Crippen LogP contribution in [0.25, 0.3) is 21.8 Å². The highest BCUT2D eigenvalue weighted by molar-refractivity contribution is 7.98. The smallest absolute Gasteiger partial charge is 0.243 e. The highest BCUT2D eigenvalue weighted by Crippen LogP contribution is 2.24. The molecule has 0 spiro atoms. The highest BCUT2D eigenvalue weighted by Gasteiger charge is 2.35. The van der Waals surface area contributed by atoms with Gasteiger partial charge in [0, 0.05) is 95.5 Å². The number of carbonyl (C=O) groups is 10. The van der Waals surface area contributed by atoms with Gasteiger partial charge in [-0.3, -0.25) is 47.9 Å². The minimum atomic E-state index is -1.60. The van der Waals surface area contributed by atoms with Crippen molar-refractivity contribution in [3.8, 4) is 5.75 Å². The van der Waals surface area contributed by atoms with Crippen LogP contribution in [0.5, 0.6) is 5.75 Å². The molecule has 0 aliphatic carbocycles. The van der Waals surface area contributed by atoms with Gasteiger partial charge in [0.2, 0.25) is 59.1 Å². The van der Waals surface area contributed by atoms with Gasteiger partial charge in [-0.1, -0.05) is 36.4 Å². The first kappa shape index (κ1) is 71.0. The number of hydrogen-bond donors (Lipinski definition) is 15. The number of phenolic OH excluding ortho intramolecular Hbond substituents is 1. The van der Waals surface area contributed by atoms with Crippen LogP contribution in [-0.2, 0) is 85.1 Å². The summed E-state index contributed by atoms with van der Waals surface area (Å²) in [5.74, 6) is -8.19. The molecular weight excluding hydrogens is 1270 g/mol. The van der Waals surface area contributed by atoms with Crippen molar-refractivity contribution in [2.45, 2.75) is 125 Å². The van der Waals surface area contributed by atoms with Crippen LogP contribution in [0.2, 0.25) is 0 Å². The van der Waals surface area contributed by atoms with E-state index in [9.17, 15) is 61.8 Å². The van der Waals surface area contributed by atoms with E-state index in [1.54, 1.807) is 0 Å². The lowest BCUT2D eigenvalue weighted by molar-refractivity contribution is -0.135. The van der Waals surface area contributed by atoms with Gasteiger partial charge in [-0.15, -0.1) is 0 Å². The highest BCUT2D eigenvalue weighted by atomic mass is 32.2. The minimum absolute atomic E-state index is 0.0325. The van der Waals surface area contributed by atoms with Crippen LogP contribution >= 0.6 is 23.5 Å². The Bertz CT molecular complexity index is 3870. The summed E-state index contributed by atoms with van der Waals surface area (Å²) in [5.41, 5.74) is 15.8. The molecule has 2 bridgehead atoms. The Morgan fingerprint density at radius 3 is 1.69 bits per heavy atom. The molecule has 504 valence electrons. The van der Waals surface area contributed by atoms with Crippen LogP contribution in [0.15, 0.2) is 110 Å². The molecule has 8 rings (SSSR count). The SMILES string of the molecule is C[C@@H]1NC(=O)[C@H](Cc2c[nH]c3ccc(F)cc23)NC(=O)[C@H](Cc2c[nH]c3ccc(F)cc23)NC(=O)CNC(=O)[C@H](CCCCN)NC(=O)CCSCc2cccc(c2)CSC[C@@H](C(N)=O)NC(=O)[C@H](C)NC(=O)[C@H](Cc2ccc(O)cc2)NC(=O)[C@H](Cc2c[nH]cn2)NC1=O. The number of nitrogens with two attached hydrogens (primary N) is 2. The van der Waals surface area contributed by atoms with E-state index in [0.29, 0.717) is 75.1 Å². The van der Waals surface area contributed by atoms with Crippen LogP contribution < -0.4 is 59.3 Å². The van der Waals surface area contributed by atoms with Crippen molar-refractivity contribution in [3.63, 3.8) is 0 Å². The lowest BCUT2D eigenvalue weighted by atomic mass is 10.0. The third-order valence-electron chi connectivity index (χ3n) is 15.7. The van der Waals surface area contributed by atoms with Crippen molar-refractivity contribution in [2.75, 3.05) is 24.6 Å². The van der Waals surface area contributed by atoms with Crippen LogP contribution in [-0.4, -0.2) is 157 Å². The zero-order chi connectivity index (χ0) is 68.1. The van der Waals surface area contributed by atoms with Gasteiger partial charge in [-0.05, 0) is 116 Å². The van der Waals surface area contributed by atoms with E-state index in [1.807, 2.05) is 24.3 Å². The number of imidazole rings is 1. The Morgan fingerprint density at radius 2 is 1.12 bits per heavy atom. The molecule has 0 radical (unpaired) electrons. The van der Waals surface area contributed by atoms with Gasteiger partial charge in [0.1, 0.15) is 65.7 Å². The number of rotatable bonds is 13. The topological polar surface area (TPSA) is 411 Å². The van der Waals surface area contributed by atoms with Crippen LogP contribution in [0.1, 0.15) is 73.0 Å². The van der Waals surface area contributed by atoms with Gasteiger partial charge in [0.25, 0.3) is 0 Å². The zero-order valence-corrected chi connectivity index (χ0v) is 53.7. The number of halogens is 2. The van der Waals surface area contributed by atoms with Gasteiger partial charge >= 0.3 is 0 Å². The molecule has 4 aromatic carbocycles. The summed E-state index contributed by atoms with van der Waals surface area (Å²) >= 11 is 2.79. The number of carbonyl (C=O) groups excluding carboxylic acids is 10. The molecule has 17 N–H and O–H groups in total. The molecule has 7 aromatic rings. The molecule has 1 aliphatic rings. The van der Waals surface area contributed by atoms with Crippen LogP contribution in [0, 0.1) is 11.6 Å². The lowest BCUT2D eigenvalue weighted by Gasteiger charge is -2.26. The average molecular weight is 1350 g/mol. The first-order valence-corrected chi connectivity index (χ1v) is 33.1. The van der Waals surface area contributed by atoms with Crippen molar-refractivity contribution in [1.82, 2.24) is 67.8 Å². The number of benzene rings is 4. The van der Waals surface area contributed by atoms with Crippen molar-refractivity contribution < 1.29 is 61.8 Å². The Labute approximate surface area is 553 Å². The average Bonchev–Trinajstić information content (AvgIpc) is 1.71. The predicted octanol–water partition coefficient (Wildman–Crippen LogP) is 1.85.